The van der Waals surface area contributed by atoms with E-state index in [0.29, 0.717) is 22.9 Å². The van der Waals surface area contributed by atoms with Crippen LogP contribution in [0.15, 0.2) is 47.5 Å². The summed E-state index contributed by atoms with van der Waals surface area (Å²) in [6.45, 7) is 6.12. The first-order chi connectivity index (χ1) is 16.1. The van der Waals surface area contributed by atoms with E-state index in [4.69, 9.17) is 4.98 Å². The molecule has 1 fully saturated rings. The molecule has 2 N–H and O–H groups in total. The van der Waals surface area contributed by atoms with Gasteiger partial charge in [-0.3, -0.25) is 9.78 Å². The molecule has 0 radical (unpaired) electrons. The highest BCUT2D eigenvalue weighted by Gasteiger charge is 2.31. The molecule has 168 valence electrons. The van der Waals surface area contributed by atoms with Gasteiger partial charge in [0.05, 0.1) is 11.7 Å². The quantitative estimate of drug-likeness (QED) is 0.489. The van der Waals surface area contributed by atoms with Crippen molar-refractivity contribution in [3.05, 3.63) is 69.9 Å². The van der Waals surface area contributed by atoms with E-state index in [1.807, 2.05) is 21.5 Å². The Labute approximate surface area is 191 Å². The van der Waals surface area contributed by atoms with Crippen LogP contribution in [0.1, 0.15) is 55.5 Å². The molecule has 0 atom stereocenters. The Morgan fingerprint density at radius 1 is 1.12 bits per heavy atom. The molecule has 0 unspecified atom stereocenters. The number of rotatable bonds is 5. The summed E-state index contributed by atoms with van der Waals surface area (Å²) < 4.78 is 3.79. The highest BCUT2D eigenvalue weighted by Crippen LogP contribution is 2.36. The van der Waals surface area contributed by atoms with Crippen LogP contribution in [0.3, 0.4) is 0 Å². The average molecular weight is 442 g/mol. The molecular weight excluding hydrogens is 414 g/mol. The minimum atomic E-state index is -0.0400. The molecule has 2 aliphatic rings. The lowest BCUT2D eigenvalue weighted by molar-refractivity contribution is 0.559. The smallest absolute Gasteiger partial charge is 0.278 e. The summed E-state index contributed by atoms with van der Waals surface area (Å²) in [5, 5.41) is 7.29. The second kappa shape index (κ2) is 7.81. The summed E-state index contributed by atoms with van der Waals surface area (Å²) in [6.07, 6.45) is 6.50. The van der Waals surface area contributed by atoms with Crippen molar-refractivity contribution in [2.45, 2.75) is 51.6 Å². The van der Waals surface area contributed by atoms with Gasteiger partial charge in [0.15, 0.2) is 5.65 Å². The Morgan fingerprint density at radius 3 is 2.82 bits per heavy atom. The van der Waals surface area contributed by atoms with Gasteiger partial charge in [-0.05, 0) is 67.1 Å². The van der Waals surface area contributed by atoms with Gasteiger partial charge >= 0.3 is 0 Å². The Kier molecular flexibility index (Phi) is 4.76. The fourth-order valence-electron chi connectivity index (χ4n) is 4.53. The lowest BCUT2D eigenvalue weighted by Crippen LogP contribution is -2.23. The predicted molar refractivity (Wildman–Crippen MR) is 128 cm³/mol. The highest BCUT2D eigenvalue weighted by molar-refractivity contribution is 5.77. The van der Waals surface area contributed by atoms with Gasteiger partial charge in [-0.1, -0.05) is 19.9 Å². The average Bonchev–Trinajstić information content (AvgIpc) is 3.63. The van der Waals surface area contributed by atoms with Gasteiger partial charge in [0.2, 0.25) is 5.95 Å². The number of nitrogens with zero attached hydrogens (tertiary/aromatic N) is 5. The molecule has 0 spiro atoms. The number of hydrogen-bond donors (Lipinski definition) is 2. The predicted octanol–water partition coefficient (Wildman–Crippen LogP) is 3.82. The number of pyridine rings is 1. The van der Waals surface area contributed by atoms with Crippen LogP contribution in [0, 0.1) is 0 Å². The number of fused-ring (bicyclic) bond motifs is 2. The molecule has 1 aliphatic carbocycles. The summed E-state index contributed by atoms with van der Waals surface area (Å²) in [5.41, 5.74) is 6.08. The van der Waals surface area contributed by atoms with E-state index in [1.54, 1.807) is 12.4 Å². The van der Waals surface area contributed by atoms with Crippen molar-refractivity contribution in [1.29, 1.82) is 0 Å². The number of aromatic nitrogens is 5. The van der Waals surface area contributed by atoms with Crippen molar-refractivity contribution in [1.82, 2.24) is 29.6 Å². The fraction of sp³-hybridized carbons (Fsp3) is 0.360. The van der Waals surface area contributed by atoms with Crippen molar-refractivity contribution in [3.63, 3.8) is 0 Å². The van der Waals surface area contributed by atoms with Gasteiger partial charge < -0.3 is 10.6 Å². The van der Waals surface area contributed by atoms with Crippen molar-refractivity contribution >= 4 is 22.7 Å². The molecule has 4 aromatic rings. The maximum Gasteiger partial charge on any atom is 0.278 e. The molecule has 8 heteroatoms. The van der Waals surface area contributed by atoms with Crippen LogP contribution in [0.25, 0.3) is 16.7 Å². The monoisotopic (exact) mass is 441 g/mol. The van der Waals surface area contributed by atoms with Crippen LogP contribution < -0.4 is 16.2 Å². The summed E-state index contributed by atoms with van der Waals surface area (Å²) in [7, 11) is 0. The molecule has 1 aliphatic heterocycles. The normalized spacial score (nSPS) is 15.7. The Morgan fingerprint density at radius 2 is 2.00 bits per heavy atom. The van der Waals surface area contributed by atoms with Crippen LogP contribution in [-0.4, -0.2) is 30.9 Å². The van der Waals surface area contributed by atoms with E-state index in [-0.39, 0.29) is 11.6 Å². The Balaban J connectivity index is 1.46. The van der Waals surface area contributed by atoms with Gasteiger partial charge in [-0.15, -0.1) is 0 Å². The third-order valence-electron chi connectivity index (χ3n) is 6.47. The Bertz CT molecular complexity index is 1410. The number of nitrogens with one attached hydrogen (secondary N) is 2. The van der Waals surface area contributed by atoms with Gasteiger partial charge in [-0.2, -0.15) is 4.98 Å². The molecule has 0 saturated heterocycles. The van der Waals surface area contributed by atoms with Crippen molar-refractivity contribution in [2.75, 3.05) is 11.9 Å². The summed E-state index contributed by atoms with van der Waals surface area (Å²) in [6, 6.07) is 10.6. The topological polar surface area (TPSA) is 89.7 Å². The first kappa shape index (κ1) is 20.1. The van der Waals surface area contributed by atoms with E-state index < -0.39 is 0 Å². The first-order valence-electron chi connectivity index (χ1n) is 11.6. The summed E-state index contributed by atoms with van der Waals surface area (Å²) in [5.74, 6) is 0.768. The van der Waals surface area contributed by atoms with Gasteiger partial charge in [0.1, 0.15) is 5.39 Å². The lowest BCUT2D eigenvalue weighted by Gasteiger charge is -2.18. The minimum Gasteiger partial charge on any atom is -0.324 e. The molecule has 6 rings (SSSR count). The van der Waals surface area contributed by atoms with E-state index in [1.165, 1.54) is 11.1 Å². The zero-order valence-electron chi connectivity index (χ0n) is 18.9. The lowest BCUT2D eigenvalue weighted by atomic mass is 10.0. The SMILES string of the molecule is CC(C)c1cc(-n2c3nc(Nc4ccc5c(c4)CNCC5)ncc3c(=O)n2C2CC2)ccn1. The highest BCUT2D eigenvalue weighted by atomic mass is 16.1. The van der Waals surface area contributed by atoms with E-state index in [0.717, 1.165) is 49.4 Å². The van der Waals surface area contributed by atoms with E-state index in [2.05, 4.69) is 52.6 Å². The second-order valence-electron chi connectivity index (χ2n) is 9.25. The van der Waals surface area contributed by atoms with Crippen LogP contribution in [0.4, 0.5) is 11.6 Å². The molecule has 1 aromatic carbocycles. The third kappa shape index (κ3) is 3.60. The zero-order chi connectivity index (χ0) is 22.5. The number of benzene rings is 1. The van der Waals surface area contributed by atoms with Crippen LogP contribution in [0.2, 0.25) is 0 Å². The minimum absolute atomic E-state index is 0.0400. The first-order valence-corrected chi connectivity index (χ1v) is 11.6. The number of anilines is 2. The summed E-state index contributed by atoms with van der Waals surface area (Å²) in [4.78, 5) is 27.1. The van der Waals surface area contributed by atoms with Crippen molar-refractivity contribution < 1.29 is 0 Å². The van der Waals surface area contributed by atoms with Gasteiger partial charge in [0, 0.05) is 30.3 Å². The van der Waals surface area contributed by atoms with Crippen molar-refractivity contribution in [2.24, 2.45) is 0 Å². The molecule has 33 heavy (non-hydrogen) atoms. The van der Waals surface area contributed by atoms with Crippen LogP contribution in [0.5, 0.6) is 0 Å². The molecular formula is C25H27N7O. The molecule has 3 aromatic heterocycles. The van der Waals surface area contributed by atoms with Gasteiger partial charge in [0.25, 0.3) is 5.56 Å². The fourth-order valence-corrected chi connectivity index (χ4v) is 4.53. The summed E-state index contributed by atoms with van der Waals surface area (Å²) >= 11 is 0. The molecule has 1 saturated carbocycles. The van der Waals surface area contributed by atoms with Gasteiger partial charge in [-0.25, -0.2) is 14.3 Å². The second-order valence-corrected chi connectivity index (χ2v) is 9.25. The molecule has 0 amide bonds. The molecule has 8 nitrogen and oxygen atoms in total. The largest absolute Gasteiger partial charge is 0.324 e. The van der Waals surface area contributed by atoms with Crippen LogP contribution >= 0.6 is 0 Å². The van der Waals surface area contributed by atoms with Crippen LogP contribution in [-0.2, 0) is 13.0 Å². The Hall–Kier alpha value is -3.52. The third-order valence-corrected chi connectivity index (χ3v) is 6.47. The maximum atomic E-state index is 13.3. The molecule has 0 bridgehead atoms. The van der Waals surface area contributed by atoms with E-state index in [9.17, 15) is 4.79 Å². The maximum absolute atomic E-state index is 13.3. The van der Waals surface area contributed by atoms with E-state index >= 15 is 0 Å². The zero-order valence-corrected chi connectivity index (χ0v) is 18.9. The standard InChI is InChI=1S/C25H27N7O/c1-15(2)22-12-20(8-10-27-22)31-23-21(24(33)32(31)19-5-6-19)14-28-25(30-23)29-18-4-3-16-7-9-26-13-17(16)11-18/h3-4,8,10-12,14-15,19,26H,5-7,9,13H2,1-2H3,(H,28,29,30). The van der Waals surface area contributed by atoms with Crippen molar-refractivity contribution in [3.8, 4) is 5.69 Å². The number of hydrogen-bond acceptors (Lipinski definition) is 6. The molecule has 4 heterocycles.